The van der Waals surface area contributed by atoms with Crippen molar-refractivity contribution in [1.82, 2.24) is 10.2 Å². The standard InChI is InChI=1S/C19H22Cl2N4O2/c20-13-8-14(21)10-15(9-13)23-18(27)16-4-3-7-25(16)11-17(26)24-19(12-22)5-1-2-6-19/h8-10,16H,1-7,11H2,(H,23,27)(H,24,26)/t16-/m1/s1. The molecule has 8 heteroatoms. The fourth-order valence-corrected chi connectivity index (χ4v) is 4.42. The highest BCUT2D eigenvalue weighted by Crippen LogP contribution is 2.29. The lowest BCUT2D eigenvalue weighted by Crippen LogP contribution is -2.51. The molecule has 2 fully saturated rings. The van der Waals surface area contributed by atoms with Gasteiger partial charge in [0.2, 0.25) is 11.8 Å². The number of nitriles is 1. The average Bonchev–Trinajstić information content (AvgIpc) is 3.23. The van der Waals surface area contributed by atoms with Crippen LogP contribution in [-0.2, 0) is 9.59 Å². The van der Waals surface area contributed by atoms with Crippen LogP contribution in [0.1, 0.15) is 38.5 Å². The maximum Gasteiger partial charge on any atom is 0.241 e. The van der Waals surface area contributed by atoms with Gasteiger partial charge in [-0.25, -0.2) is 0 Å². The SMILES string of the molecule is N#CC1(NC(=O)CN2CCC[C@@H]2C(=O)Nc2cc(Cl)cc(Cl)c2)CCCC1. The van der Waals surface area contributed by atoms with Gasteiger partial charge in [0.15, 0.2) is 0 Å². The molecule has 1 heterocycles. The van der Waals surface area contributed by atoms with Crippen molar-refractivity contribution < 1.29 is 9.59 Å². The minimum absolute atomic E-state index is 0.109. The molecule has 3 rings (SSSR count). The smallest absolute Gasteiger partial charge is 0.241 e. The van der Waals surface area contributed by atoms with Crippen molar-refractivity contribution in [2.24, 2.45) is 0 Å². The van der Waals surface area contributed by atoms with E-state index in [1.807, 2.05) is 4.90 Å². The number of carbonyl (C=O) groups is 2. The second kappa shape index (κ2) is 8.47. The van der Waals surface area contributed by atoms with Gasteiger partial charge in [0.25, 0.3) is 0 Å². The van der Waals surface area contributed by atoms with Gasteiger partial charge in [-0.2, -0.15) is 5.26 Å². The second-order valence-electron chi connectivity index (χ2n) is 7.23. The largest absolute Gasteiger partial charge is 0.337 e. The number of rotatable bonds is 5. The van der Waals surface area contributed by atoms with Crippen molar-refractivity contribution in [3.8, 4) is 6.07 Å². The minimum atomic E-state index is -0.744. The van der Waals surface area contributed by atoms with Crippen molar-refractivity contribution in [3.63, 3.8) is 0 Å². The summed E-state index contributed by atoms with van der Waals surface area (Å²) in [5.74, 6) is -0.390. The lowest BCUT2D eigenvalue weighted by molar-refractivity contribution is -0.125. The zero-order chi connectivity index (χ0) is 19.4. The first kappa shape index (κ1) is 19.9. The van der Waals surface area contributed by atoms with Crippen molar-refractivity contribution >= 4 is 40.7 Å². The molecule has 1 saturated heterocycles. The number of anilines is 1. The lowest BCUT2D eigenvalue weighted by Gasteiger charge is -2.26. The molecule has 0 unspecified atom stereocenters. The first-order chi connectivity index (χ1) is 12.9. The van der Waals surface area contributed by atoms with E-state index in [0.29, 0.717) is 41.5 Å². The van der Waals surface area contributed by atoms with E-state index in [1.165, 1.54) is 0 Å². The molecular formula is C19H22Cl2N4O2. The second-order valence-corrected chi connectivity index (χ2v) is 8.10. The Labute approximate surface area is 168 Å². The zero-order valence-electron chi connectivity index (χ0n) is 14.9. The quantitative estimate of drug-likeness (QED) is 0.781. The van der Waals surface area contributed by atoms with Gasteiger partial charge in [-0.05, 0) is 63.3 Å². The number of amides is 2. The lowest BCUT2D eigenvalue weighted by atomic mass is 10.00. The number of nitrogens with zero attached hydrogens (tertiary/aromatic N) is 2. The molecule has 144 valence electrons. The highest BCUT2D eigenvalue weighted by Gasteiger charge is 2.37. The Bertz CT molecular complexity index is 751. The summed E-state index contributed by atoms with van der Waals surface area (Å²) in [7, 11) is 0. The summed E-state index contributed by atoms with van der Waals surface area (Å²) in [4.78, 5) is 27.0. The number of likely N-dealkylation sites (tertiary alicyclic amines) is 1. The Morgan fingerprint density at radius 2 is 1.85 bits per heavy atom. The van der Waals surface area contributed by atoms with Crippen LogP contribution in [-0.4, -0.2) is 41.4 Å². The molecule has 1 atom stereocenters. The van der Waals surface area contributed by atoms with E-state index in [4.69, 9.17) is 23.2 Å². The Morgan fingerprint density at radius 3 is 2.48 bits per heavy atom. The third-order valence-corrected chi connectivity index (χ3v) is 5.63. The number of hydrogen-bond acceptors (Lipinski definition) is 4. The first-order valence-corrected chi connectivity index (χ1v) is 9.90. The van der Waals surface area contributed by atoms with E-state index in [-0.39, 0.29) is 18.4 Å². The molecule has 27 heavy (non-hydrogen) atoms. The van der Waals surface area contributed by atoms with Crippen molar-refractivity contribution in [2.45, 2.75) is 50.1 Å². The summed E-state index contributed by atoms with van der Waals surface area (Å²) >= 11 is 11.9. The van der Waals surface area contributed by atoms with Gasteiger partial charge in [-0.15, -0.1) is 0 Å². The van der Waals surface area contributed by atoms with Gasteiger partial charge < -0.3 is 10.6 Å². The Kier molecular flexibility index (Phi) is 6.25. The van der Waals surface area contributed by atoms with Crippen LogP contribution in [0.15, 0.2) is 18.2 Å². The minimum Gasteiger partial charge on any atom is -0.337 e. The van der Waals surface area contributed by atoms with E-state index >= 15 is 0 Å². The van der Waals surface area contributed by atoms with Crippen LogP contribution >= 0.6 is 23.2 Å². The van der Waals surface area contributed by atoms with Gasteiger partial charge in [-0.3, -0.25) is 14.5 Å². The average molecular weight is 409 g/mol. The molecule has 2 amide bonds. The third-order valence-electron chi connectivity index (χ3n) is 5.19. The molecule has 6 nitrogen and oxygen atoms in total. The topological polar surface area (TPSA) is 85.2 Å². The monoisotopic (exact) mass is 408 g/mol. The van der Waals surface area contributed by atoms with Gasteiger partial charge in [0, 0.05) is 15.7 Å². The highest BCUT2D eigenvalue weighted by atomic mass is 35.5. The van der Waals surface area contributed by atoms with Crippen LogP contribution in [0.25, 0.3) is 0 Å². The van der Waals surface area contributed by atoms with Crippen LogP contribution in [0.5, 0.6) is 0 Å². The van der Waals surface area contributed by atoms with Gasteiger partial charge >= 0.3 is 0 Å². The summed E-state index contributed by atoms with van der Waals surface area (Å²) in [6, 6.07) is 6.72. The Hall–Kier alpha value is -1.81. The van der Waals surface area contributed by atoms with Crippen LogP contribution in [0, 0.1) is 11.3 Å². The molecule has 0 aromatic heterocycles. The zero-order valence-corrected chi connectivity index (χ0v) is 16.4. The summed E-state index contributed by atoms with van der Waals surface area (Å²) in [6.07, 6.45) is 4.79. The molecule has 1 aliphatic carbocycles. The molecule has 0 bridgehead atoms. The van der Waals surface area contributed by atoms with Gasteiger partial charge in [0.1, 0.15) is 5.54 Å². The normalized spacial score (nSPS) is 21.6. The van der Waals surface area contributed by atoms with Crippen molar-refractivity contribution in [2.75, 3.05) is 18.4 Å². The summed E-state index contributed by atoms with van der Waals surface area (Å²) in [5.41, 5.74) is -0.213. The fraction of sp³-hybridized carbons (Fsp3) is 0.526. The van der Waals surface area contributed by atoms with E-state index < -0.39 is 11.6 Å². The number of benzene rings is 1. The van der Waals surface area contributed by atoms with E-state index in [9.17, 15) is 14.9 Å². The molecule has 1 aliphatic heterocycles. The van der Waals surface area contributed by atoms with Gasteiger partial charge in [0.05, 0.1) is 18.7 Å². The predicted molar refractivity (Wildman–Crippen MR) is 105 cm³/mol. The first-order valence-electron chi connectivity index (χ1n) is 9.14. The molecule has 0 spiro atoms. The molecule has 1 aromatic carbocycles. The molecule has 0 radical (unpaired) electrons. The van der Waals surface area contributed by atoms with E-state index in [2.05, 4.69) is 16.7 Å². The molecule has 1 aromatic rings. The maximum absolute atomic E-state index is 12.7. The van der Waals surface area contributed by atoms with E-state index in [0.717, 1.165) is 19.3 Å². The Balaban J connectivity index is 1.60. The van der Waals surface area contributed by atoms with Crippen molar-refractivity contribution in [3.05, 3.63) is 28.2 Å². The van der Waals surface area contributed by atoms with Crippen LogP contribution in [0.2, 0.25) is 10.0 Å². The number of hydrogen-bond donors (Lipinski definition) is 2. The Morgan fingerprint density at radius 1 is 1.19 bits per heavy atom. The summed E-state index contributed by atoms with van der Waals surface area (Å²) in [5, 5.41) is 16.0. The molecule has 1 saturated carbocycles. The maximum atomic E-state index is 12.7. The molecule has 2 aliphatic rings. The summed E-state index contributed by atoms with van der Waals surface area (Å²) < 4.78 is 0. The number of nitrogens with one attached hydrogen (secondary N) is 2. The van der Waals surface area contributed by atoms with Gasteiger partial charge in [-0.1, -0.05) is 23.2 Å². The number of carbonyl (C=O) groups excluding carboxylic acids is 2. The molecule has 2 N–H and O–H groups in total. The van der Waals surface area contributed by atoms with E-state index in [1.54, 1.807) is 18.2 Å². The van der Waals surface area contributed by atoms with Crippen molar-refractivity contribution in [1.29, 1.82) is 5.26 Å². The predicted octanol–water partition coefficient (Wildman–Crippen LogP) is 3.35. The fourth-order valence-electron chi connectivity index (χ4n) is 3.90. The number of halogens is 2. The van der Waals surface area contributed by atoms with Crippen LogP contribution < -0.4 is 10.6 Å². The molecular weight excluding hydrogens is 387 g/mol. The highest BCUT2D eigenvalue weighted by molar-refractivity contribution is 6.35. The summed E-state index contributed by atoms with van der Waals surface area (Å²) in [6.45, 7) is 0.777. The third kappa shape index (κ3) is 4.92. The van der Waals surface area contributed by atoms with Crippen LogP contribution in [0.4, 0.5) is 5.69 Å². The van der Waals surface area contributed by atoms with Crippen LogP contribution in [0.3, 0.4) is 0 Å².